The van der Waals surface area contributed by atoms with Crippen molar-refractivity contribution in [1.29, 1.82) is 0 Å². The maximum atomic E-state index is 12.8. The number of likely N-dealkylation sites (tertiary alicyclic amines) is 1. The van der Waals surface area contributed by atoms with Crippen molar-refractivity contribution in [2.75, 3.05) is 26.1 Å². The van der Waals surface area contributed by atoms with Gasteiger partial charge in [0.2, 0.25) is 0 Å². The molecule has 2 amide bonds. The molecule has 0 saturated carbocycles. The van der Waals surface area contributed by atoms with Gasteiger partial charge >= 0.3 is 6.03 Å². The van der Waals surface area contributed by atoms with Crippen LogP contribution in [0.25, 0.3) is 0 Å². The Bertz CT molecular complexity index is 741. The fourth-order valence-electron chi connectivity index (χ4n) is 3.19. The highest BCUT2D eigenvalue weighted by molar-refractivity contribution is 5.91. The van der Waals surface area contributed by atoms with Crippen molar-refractivity contribution < 1.29 is 18.7 Å². The molecule has 1 N–H and O–H groups in total. The van der Waals surface area contributed by atoms with Crippen LogP contribution in [0, 0.1) is 6.92 Å². The molecule has 6 nitrogen and oxygen atoms in total. The number of amides is 2. The zero-order valence-electron chi connectivity index (χ0n) is 14.9. The van der Waals surface area contributed by atoms with Crippen LogP contribution in [-0.4, -0.2) is 31.7 Å². The maximum Gasteiger partial charge on any atom is 0.322 e. The lowest BCUT2D eigenvalue weighted by atomic mass is 10.2. The van der Waals surface area contributed by atoms with E-state index < -0.39 is 0 Å². The van der Waals surface area contributed by atoms with Crippen LogP contribution in [0.2, 0.25) is 0 Å². The van der Waals surface area contributed by atoms with Crippen LogP contribution in [-0.2, 0) is 11.3 Å². The molecule has 3 rings (SSSR count). The summed E-state index contributed by atoms with van der Waals surface area (Å²) in [6.07, 6.45) is 1.84. The number of benzene rings is 1. The van der Waals surface area contributed by atoms with Crippen LogP contribution in [0.5, 0.6) is 5.75 Å². The Morgan fingerprint density at radius 1 is 1.32 bits per heavy atom. The summed E-state index contributed by atoms with van der Waals surface area (Å²) >= 11 is 0. The lowest BCUT2D eigenvalue weighted by Crippen LogP contribution is -2.34. The number of hydrogen-bond acceptors (Lipinski definition) is 4. The van der Waals surface area contributed by atoms with Crippen LogP contribution in [0.4, 0.5) is 10.5 Å². The molecule has 0 aliphatic carbocycles. The van der Waals surface area contributed by atoms with Crippen LogP contribution in [0.3, 0.4) is 0 Å². The van der Waals surface area contributed by atoms with Gasteiger partial charge in [0, 0.05) is 13.7 Å². The van der Waals surface area contributed by atoms with Gasteiger partial charge in [0.15, 0.2) is 0 Å². The zero-order valence-corrected chi connectivity index (χ0v) is 14.9. The van der Waals surface area contributed by atoms with E-state index in [1.165, 1.54) is 0 Å². The highest BCUT2D eigenvalue weighted by atomic mass is 16.5. The number of carbonyl (C=O) groups excluding carboxylic acids is 1. The number of ether oxygens (including phenoxy) is 2. The number of rotatable bonds is 5. The van der Waals surface area contributed by atoms with Crippen LogP contribution < -0.4 is 10.1 Å². The van der Waals surface area contributed by atoms with Gasteiger partial charge in [-0.25, -0.2) is 4.79 Å². The summed E-state index contributed by atoms with van der Waals surface area (Å²) in [5.41, 5.74) is 1.75. The monoisotopic (exact) mass is 344 g/mol. The second kappa shape index (κ2) is 7.61. The van der Waals surface area contributed by atoms with E-state index in [9.17, 15) is 4.79 Å². The van der Waals surface area contributed by atoms with Gasteiger partial charge in [-0.05, 0) is 49.6 Å². The third-order valence-electron chi connectivity index (χ3n) is 4.41. The quantitative estimate of drug-likeness (QED) is 0.886. The Morgan fingerprint density at radius 2 is 2.16 bits per heavy atom. The molecule has 25 heavy (non-hydrogen) atoms. The minimum Gasteiger partial charge on any atom is -0.495 e. The Balaban J connectivity index is 1.74. The first-order chi connectivity index (χ1) is 12.1. The molecule has 2 heterocycles. The number of urea groups is 1. The van der Waals surface area contributed by atoms with Gasteiger partial charge in [-0.3, -0.25) is 0 Å². The Morgan fingerprint density at radius 3 is 2.92 bits per heavy atom. The molecule has 0 spiro atoms. The third-order valence-corrected chi connectivity index (χ3v) is 4.41. The van der Waals surface area contributed by atoms with Gasteiger partial charge in [0.25, 0.3) is 0 Å². The topological polar surface area (TPSA) is 63.9 Å². The summed E-state index contributed by atoms with van der Waals surface area (Å²) in [4.78, 5) is 14.6. The minimum absolute atomic E-state index is 0.0537. The predicted octanol–water partition coefficient (Wildman–Crippen LogP) is 4.11. The van der Waals surface area contributed by atoms with Crippen molar-refractivity contribution in [3.63, 3.8) is 0 Å². The summed E-state index contributed by atoms with van der Waals surface area (Å²) < 4.78 is 16.3. The molecule has 2 aromatic rings. The van der Waals surface area contributed by atoms with Gasteiger partial charge in [-0.1, -0.05) is 6.07 Å². The van der Waals surface area contributed by atoms with Gasteiger partial charge in [-0.15, -0.1) is 0 Å². The summed E-state index contributed by atoms with van der Waals surface area (Å²) in [6.45, 7) is 3.11. The van der Waals surface area contributed by atoms with E-state index in [2.05, 4.69) is 5.32 Å². The largest absolute Gasteiger partial charge is 0.495 e. The molecular weight excluding hydrogens is 320 g/mol. The average molecular weight is 344 g/mol. The second-order valence-electron chi connectivity index (χ2n) is 6.22. The van der Waals surface area contributed by atoms with Gasteiger partial charge in [0.1, 0.15) is 23.9 Å². The van der Waals surface area contributed by atoms with Crippen LogP contribution in [0.1, 0.15) is 36.0 Å². The van der Waals surface area contributed by atoms with Crippen molar-refractivity contribution >= 4 is 11.7 Å². The standard InChI is InChI=1S/C19H24N2O4/c1-13-6-8-15(18(11-13)24-3)20-19(22)21-10-4-5-16(21)17-9-7-14(25-17)12-23-2/h6-9,11,16H,4-5,10,12H2,1-3H3,(H,20,22)/t16-/m0/s1. The lowest BCUT2D eigenvalue weighted by Gasteiger charge is -2.24. The smallest absolute Gasteiger partial charge is 0.322 e. The second-order valence-corrected chi connectivity index (χ2v) is 6.22. The molecule has 1 aromatic heterocycles. The third kappa shape index (κ3) is 3.79. The van der Waals surface area contributed by atoms with E-state index in [-0.39, 0.29) is 12.1 Å². The van der Waals surface area contributed by atoms with Gasteiger partial charge < -0.3 is 24.1 Å². The fourth-order valence-corrected chi connectivity index (χ4v) is 3.19. The number of nitrogens with zero attached hydrogens (tertiary/aromatic N) is 1. The molecule has 1 fully saturated rings. The fraction of sp³-hybridized carbons (Fsp3) is 0.421. The Kier molecular flexibility index (Phi) is 5.28. The van der Waals surface area contributed by atoms with Gasteiger partial charge in [-0.2, -0.15) is 0 Å². The lowest BCUT2D eigenvalue weighted by molar-refractivity contribution is 0.157. The molecular formula is C19H24N2O4. The molecule has 1 atom stereocenters. The molecule has 1 saturated heterocycles. The van der Waals surface area contributed by atoms with Crippen molar-refractivity contribution in [3.05, 3.63) is 47.4 Å². The number of carbonyl (C=O) groups is 1. The van der Waals surface area contributed by atoms with Crippen LogP contribution >= 0.6 is 0 Å². The van der Waals surface area contributed by atoms with E-state index in [0.717, 1.165) is 29.9 Å². The summed E-state index contributed by atoms with van der Waals surface area (Å²) in [6, 6.07) is 9.34. The van der Waals surface area contributed by atoms with Crippen molar-refractivity contribution in [2.45, 2.75) is 32.4 Å². The normalized spacial score (nSPS) is 16.9. The molecule has 1 aromatic carbocycles. The summed E-state index contributed by atoms with van der Waals surface area (Å²) in [7, 11) is 3.23. The number of aryl methyl sites for hydroxylation is 1. The van der Waals surface area contributed by atoms with E-state index in [4.69, 9.17) is 13.9 Å². The zero-order chi connectivity index (χ0) is 17.8. The highest BCUT2D eigenvalue weighted by Gasteiger charge is 2.32. The number of furan rings is 1. The van der Waals surface area contributed by atoms with Crippen molar-refractivity contribution in [2.24, 2.45) is 0 Å². The molecule has 0 radical (unpaired) electrons. The molecule has 6 heteroatoms. The molecule has 1 aliphatic rings. The number of anilines is 1. The number of methoxy groups -OCH3 is 2. The average Bonchev–Trinajstić information content (AvgIpc) is 3.25. The first kappa shape index (κ1) is 17.4. The van der Waals surface area contributed by atoms with Crippen molar-refractivity contribution in [3.8, 4) is 5.75 Å². The highest BCUT2D eigenvalue weighted by Crippen LogP contribution is 2.34. The van der Waals surface area contributed by atoms with E-state index in [1.54, 1.807) is 14.2 Å². The van der Waals surface area contributed by atoms with E-state index in [1.807, 2.05) is 42.2 Å². The first-order valence-corrected chi connectivity index (χ1v) is 8.42. The van der Waals surface area contributed by atoms with Gasteiger partial charge in [0.05, 0.1) is 18.8 Å². The summed E-state index contributed by atoms with van der Waals surface area (Å²) in [5.74, 6) is 2.23. The molecule has 0 unspecified atom stereocenters. The van der Waals surface area contributed by atoms with Crippen LogP contribution in [0.15, 0.2) is 34.7 Å². The number of hydrogen-bond donors (Lipinski definition) is 1. The summed E-state index contributed by atoms with van der Waals surface area (Å²) in [5, 5.41) is 2.96. The predicted molar refractivity (Wildman–Crippen MR) is 94.9 cm³/mol. The molecule has 134 valence electrons. The van der Waals surface area contributed by atoms with E-state index in [0.29, 0.717) is 24.6 Å². The Hall–Kier alpha value is -2.47. The minimum atomic E-state index is -0.144. The Labute approximate surface area is 147 Å². The maximum absolute atomic E-state index is 12.8. The van der Waals surface area contributed by atoms with E-state index >= 15 is 0 Å². The van der Waals surface area contributed by atoms with Crippen molar-refractivity contribution in [1.82, 2.24) is 4.90 Å². The number of nitrogens with one attached hydrogen (secondary N) is 1. The molecule has 0 bridgehead atoms. The SMILES string of the molecule is COCc1ccc([C@@H]2CCCN2C(=O)Nc2ccc(C)cc2OC)o1. The molecule has 1 aliphatic heterocycles. The first-order valence-electron chi connectivity index (χ1n) is 8.42.